The van der Waals surface area contributed by atoms with Gasteiger partial charge in [0.05, 0.1) is 25.0 Å². The number of benzene rings is 2. The van der Waals surface area contributed by atoms with Crippen molar-refractivity contribution in [2.75, 3.05) is 13.2 Å². The van der Waals surface area contributed by atoms with Crippen molar-refractivity contribution < 1.29 is 14.3 Å². The molecule has 0 N–H and O–H groups in total. The number of hydrogen-bond acceptors (Lipinski definition) is 6. The Balaban J connectivity index is 1.89. The standard InChI is InChI=1S/C22H19ClN2O3S/c1-3-27-19-10-7-15(11-20(19)28-4-2)21(26)17(12-24)22-25-18(13-29-22)14-5-8-16(23)9-6-14/h5-11,13,17H,3-4H2,1-2H3. The van der Waals surface area contributed by atoms with Crippen LogP contribution in [0.4, 0.5) is 0 Å². The van der Waals surface area contributed by atoms with Crippen molar-refractivity contribution in [3.63, 3.8) is 0 Å². The number of carbonyl (C=O) groups is 1. The summed E-state index contributed by atoms with van der Waals surface area (Å²) in [6, 6.07) is 14.3. The maximum atomic E-state index is 13.0. The van der Waals surface area contributed by atoms with Gasteiger partial charge in [0.15, 0.2) is 23.2 Å². The number of aromatic nitrogens is 1. The number of nitrogens with zero attached hydrogens (tertiary/aromatic N) is 2. The molecule has 1 atom stereocenters. The highest BCUT2D eigenvalue weighted by atomic mass is 35.5. The molecule has 0 saturated carbocycles. The van der Waals surface area contributed by atoms with Gasteiger partial charge in [0, 0.05) is 21.5 Å². The van der Waals surface area contributed by atoms with Gasteiger partial charge in [-0.2, -0.15) is 5.26 Å². The summed E-state index contributed by atoms with van der Waals surface area (Å²) in [6.45, 7) is 4.66. The quantitative estimate of drug-likeness (QED) is 0.429. The highest BCUT2D eigenvalue weighted by Gasteiger charge is 2.26. The number of Topliss-reactive ketones (excluding diaryl/α,β-unsaturated/α-hetero) is 1. The van der Waals surface area contributed by atoms with E-state index < -0.39 is 5.92 Å². The van der Waals surface area contributed by atoms with Crippen LogP contribution in [0.3, 0.4) is 0 Å². The largest absolute Gasteiger partial charge is 0.490 e. The molecule has 0 fully saturated rings. The van der Waals surface area contributed by atoms with E-state index in [4.69, 9.17) is 21.1 Å². The fourth-order valence-corrected chi connectivity index (χ4v) is 3.76. The van der Waals surface area contributed by atoms with Crippen molar-refractivity contribution in [2.24, 2.45) is 0 Å². The lowest BCUT2D eigenvalue weighted by Gasteiger charge is -2.13. The molecular formula is C22H19ClN2O3S. The molecule has 1 aromatic heterocycles. The Morgan fingerprint density at radius 2 is 1.83 bits per heavy atom. The Morgan fingerprint density at radius 3 is 2.48 bits per heavy atom. The summed E-state index contributed by atoms with van der Waals surface area (Å²) in [5.41, 5.74) is 1.96. The first kappa shape index (κ1) is 20.8. The van der Waals surface area contributed by atoms with Crippen molar-refractivity contribution in [1.82, 2.24) is 4.98 Å². The molecule has 3 aromatic rings. The minimum absolute atomic E-state index is 0.325. The third-order valence-corrected chi connectivity index (χ3v) is 5.29. The molecule has 0 bridgehead atoms. The molecule has 29 heavy (non-hydrogen) atoms. The van der Waals surface area contributed by atoms with Crippen molar-refractivity contribution >= 4 is 28.7 Å². The van der Waals surface area contributed by atoms with E-state index in [1.165, 1.54) is 11.3 Å². The van der Waals surface area contributed by atoms with Crippen molar-refractivity contribution in [3.05, 3.63) is 63.4 Å². The Morgan fingerprint density at radius 1 is 1.14 bits per heavy atom. The minimum Gasteiger partial charge on any atom is -0.490 e. The highest BCUT2D eigenvalue weighted by molar-refractivity contribution is 7.10. The molecule has 0 radical (unpaired) electrons. The van der Waals surface area contributed by atoms with Crippen LogP contribution in [0.1, 0.15) is 35.1 Å². The predicted octanol–water partition coefficient (Wildman–Crippen LogP) is 5.75. The maximum absolute atomic E-state index is 13.0. The van der Waals surface area contributed by atoms with Gasteiger partial charge in [0.1, 0.15) is 5.01 Å². The smallest absolute Gasteiger partial charge is 0.187 e. The minimum atomic E-state index is -0.992. The van der Waals surface area contributed by atoms with Gasteiger partial charge in [-0.1, -0.05) is 23.7 Å². The van der Waals surface area contributed by atoms with Crippen molar-refractivity contribution in [2.45, 2.75) is 19.8 Å². The summed E-state index contributed by atoms with van der Waals surface area (Å²) < 4.78 is 11.1. The molecule has 0 aliphatic carbocycles. The molecule has 5 nitrogen and oxygen atoms in total. The van der Waals surface area contributed by atoms with Gasteiger partial charge in [0.25, 0.3) is 0 Å². The second-order valence-electron chi connectivity index (χ2n) is 6.03. The van der Waals surface area contributed by atoms with Gasteiger partial charge in [-0.15, -0.1) is 11.3 Å². The summed E-state index contributed by atoms with van der Waals surface area (Å²) in [5, 5.41) is 12.6. The SMILES string of the molecule is CCOc1ccc(C(=O)C(C#N)c2nc(-c3ccc(Cl)cc3)cs2)cc1OCC. The third-order valence-electron chi connectivity index (χ3n) is 4.13. The van der Waals surface area contributed by atoms with Gasteiger partial charge in [-0.05, 0) is 44.2 Å². The van der Waals surface area contributed by atoms with E-state index in [9.17, 15) is 10.1 Å². The van der Waals surface area contributed by atoms with Crippen LogP contribution in [-0.2, 0) is 0 Å². The molecule has 0 saturated heterocycles. The number of nitriles is 1. The topological polar surface area (TPSA) is 72.2 Å². The number of carbonyl (C=O) groups excluding carboxylic acids is 1. The molecule has 0 aliphatic heterocycles. The first-order valence-corrected chi connectivity index (χ1v) is 10.4. The normalized spacial score (nSPS) is 11.5. The summed E-state index contributed by atoms with van der Waals surface area (Å²) in [5.74, 6) is -0.265. The van der Waals surface area contributed by atoms with Gasteiger partial charge in [-0.3, -0.25) is 4.79 Å². The van der Waals surface area contributed by atoms with Crippen LogP contribution >= 0.6 is 22.9 Å². The monoisotopic (exact) mass is 426 g/mol. The lowest BCUT2D eigenvalue weighted by Crippen LogP contribution is -2.12. The number of ketones is 1. The summed E-state index contributed by atoms with van der Waals surface area (Å²) in [4.78, 5) is 17.5. The molecular weight excluding hydrogens is 408 g/mol. The summed E-state index contributed by atoms with van der Waals surface area (Å²) >= 11 is 7.21. The average molecular weight is 427 g/mol. The fourth-order valence-electron chi connectivity index (χ4n) is 2.77. The van der Waals surface area contributed by atoms with Gasteiger partial charge in [0.2, 0.25) is 0 Å². The number of halogens is 1. The zero-order valence-corrected chi connectivity index (χ0v) is 17.6. The molecule has 7 heteroatoms. The van der Waals surface area contributed by atoms with Crippen LogP contribution in [0, 0.1) is 11.3 Å². The van der Waals surface area contributed by atoms with E-state index in [1.807, 2.05) is 31.4 Å². The van der Waals surface area contributed by atoms with E-state index in [1.54, 1.807) is 30.3 Å². The third kappa shape index (κ3) is 4.76. The number of rotatable bonds is 8. The average Bonchev–Trinajstić information content (AvgIpc) is 3.20. The van der Waals surface area contributed by atoms with Crippen LogP contribution in [0.5, 0.6) is 11.5 Å². The van der Waals surface area contributed by atoms with Crippen LogP contribution in [0.25, 0.3) is 11.3 Å². The second-order valence-corrected chi connectivity index (χ2v) is 7.36. The maximum Gasteiger partial charge on any atom is 0.187 e. The van der Waals surface area contributed by atoms with Crippen molar-refractivity contribution in [3.8, 4) is 28.8 Å². The predicted molar refractivity (Wildman–Crippen MR) is 114 cm³/mol. The fraction of sp³-hybridized carbons (Fsp3) is 0.227. The van der Waals surface area contributed by atoms with E-state index in [2.05, 4.69) is 11.1 Å². The van der Waals surface area contributed by atoms with Gasteiger partial charge < -0.3 is 9.47 Å². The van der Waals surface area contributed by atoms with E-state index in [-0.39, 0.29) is 5.78 Å². The molecule has 0 aliphatic rings. The number of thiazole rings is 1. The van der Waals surface area contributed by atoms with Crippen LogP contribution in [0.15, 0.2) is 47.8 Å². The molecule has 1 heterocycles. The molecule has 1 unspecified atom stereocenters. The zero-order valence-electron chi connectivity index (χ0n) is 16.0. The van der Waals surface area contributed by atoms with E-state index >= 15 is 0 Å². The van der Waals surface area contributed by atoms with Crippen LogP contribution < -0.4 is 9.47 Å². The molecule has 148 valence electrons. The highest BCUT2D eigenvalue weighted by Crippen LogP contribution is 2.33. The first-order valence-electron chi connectivity index (χ1n) is 9.12. The second kappa shape index (κ2) is 9.55. The zero-order chi connectivity index (χ0) is 20.8. The van der Waals surface area contributed by atoms with Gasteiger partial charge in [-0.25, -0.2) is 4.98 Å². The van der Waals surface area contributed by atoms with E-state index in [0.29, 0.717) is 46.0 Å². The number of hydrogen-bond donors (Lipinski definition) is 0. The summed E-state index contributed by atoms with van der Waals surface area (Å²) in [6.07, 6.45) is 0. The Kier molecular flexibility index (Phi) is 6.86. The first-order chi connectivity index (χ1) is 14.1. The number of ether oxygens (including phenoxy) is 2. The van der Waals surface area contributed by atoms with Crippen LogP contribution in [-0.4, -0.2) is 24.0 Å². The lowest BCUT2D eigenvalue weighted by molar-refractivity contribution is 0.0978. The van der Waals surface area contributed by atoms with E-state index in [0.717, 1.165) is 5.56 Å². The molecule has 2 aromatic carbocycles. The Bertz CT molecular complexity index is 1040. The Hall–Kier alpha value is -2.88. The molecule has 3 rings (SSSR count). The summed E-state index contributed by atoms with van der Waals surface area (Å²) in [7, 11) is 0. The van der Waals surface area contributed by atoms with Crippen LogP contribution in [0.2, 0.25) is 5.02 Å². The molecule has 0 spiro atoms. The lowest BCUT2D eigenvalue weighted by atomic mass is 9.99. The van der Waals surface area contributed by atoms with Gasteiger partial charge >= 0.3 is 0 Å². The molecule has 0 amide bonds. The Labute approximate surface area is 178 Å². The van der Waals surface area contributed by atoms with Crippen molar-refractivity contribution in [1.29, 1.82) is 5.26 Å².